The summed E-state index contributed by atoms with van der Waals surface area (Å²) in [5, 5.41) is 19.1. The van der Waals surface area contributed by atoms with Crippen molar-refractivity contribution in [2.75, 3.05) is 11.1 Å². The lowest BCUT2D eigenvalue weighted by Gasteiger charge is -2.14. The van der Waals surface area contributed by atoms with E-state index in [0.717, 1.165) is 11.1 Å². The Morgan fingerprint density at radius 2 is 1.89 bits per heavy atom. The predicted molar refractivity (Wildman–Crippen MR) is 141 cm³/mol. The van der Waals surface area contributed by atoms with Gasteiger partial charge < -0.3 is 5.32 Å². The zero-order valence-corrected chi connectivity index (χ0v) is 22.1. The Kier molecular flexibility index (Phi) is 6.62. The molecule has 12 heteroatoms. The van der Waals surface area contributed by atoms with Crippen molar-refractivity contribution in [2.45, 2.75) is 28.8 Å². The molecule has 180 valence electrons. The third kappa shape index (κ3) is 5.10. The Hall–Kier alpha value is -2.44. The minimum atomic E-state index is -3.89. The molecule has 0 radical (unpaired) electrons. The van der Waals surface area contributed by atoms with Crippen molar-refractivity contribution in [3.05, 3.63) is 69.9 Å². The molecule has 0 atom stereocenters. The van der Waals surface area contributed by atoms with E-state index in [9.17, 15) is 13.2 Å². The van der Waals surface area contributed by atoms with Gasteiger partial charge in [-0.1, -0.05) is 53.7 Å². The number of amides is 1. The molecule has 0 aliphatic heterocycles. The van der Waals surface area contributed by atoms with E-state index in [-0.39, 0.29) is 27.3 Å². The molecule has 0 unspecified atom stereocenters. The summed E-state index contributed by atoms with van der Waals surface area (Å²) >= 11 is 10.8. The van der Waals surface area contributed by atoms with E-state index >= 15 is 0 Å². The summed E-state index contributed by atoms with van der Waals surface area (Å²) in [5.41, 5.74) is 2.56. The van der Waals surface area contributed by atoms with Crippen molar-refractivity contribution in [1.29, 1.82) is 0 Å². The molecule has 35 heavy (non-hydrogen) atoms. The van der Waals surface area contributed by atoms with Crippen LogP contribution in [-0.4, -0.2) is 34.8 Å². The molecule has 1 saturated carbocycles. The van der Waals surface area contributed by atoms with Crippen LogP contribution < -0.4 is 10.5 Å². The minimum absolute atomic E-state index is 0.0382. The summed E-state index contributed by atoms with van der Waals surface area (Å²) in [6.07, 6.45) is 2.43. The summed E-state index contributed by atoms with van der Waals surface area (Å²) in [6.45, 7) is 0. The third-order valence-electron chi connectivity index (χ3n) is 5.66. The van der Waals surface area contributed by atoms with Crippen molar-refractivity contribution in [3.63, 3.8) is 0 Å². The van der Waals surface area contributed by atoms with Crippen molar-refractivity contribution >= 4 is 71.7 Å². The van der Waals surface area contributed by atoms with E-state index in [0.29, 0.717) is 15.8 Å². The smallest absolute Gasteiger partial charge is 0.238 e. The highest BCUT2D eigenvalue weighted by atomic mass is 79.9. The van der Waals surface area contributed by atoms with Gasteiger partial charge in [0.15, 0.2) is 5.16 Å². The monoisotopic (exact) mass is 591 g/mol. The van der Waals surface area contributed by atoms with Crippen LogP contribution in [0.1, 0.15) is 24.3 Å². The highest BCUT2D eigenvalue weighted by molar-refractivity contribution is 9.10. The van der Waals surface area contributed by atoms with Gasteiger partial charge >= 0.3 is 0 Å². The molecule has 3 aromatic carbocycles. The lowest BCUT2D eigenvalue weighted by molar-refractivity contribution is -0.113. The normalized spacial score (nSPS) is 13.8. The second-order valence-corrected chi connectivity index (χ2v) is 11.7. The summed E-state index contributed by atoms with van der Waals surface area (Å²) < 4.78 is 25.4. The first-order valence-corrected chi connectivity index (χ1v) is 14.3. The fourth-order valence-corrected chi connectivity index (χ4v) is 6.02. The first kappa shape index (κ1) is 24.3. The van der Waals surface area contributed by atoms with Crippen molar-refractivity contribution < 1.29 is 13.2 Å². The topological polar surface area (TPSA) is 120 Å². The van der Waals surface area contributed by atoms with Crippen LogP contribution in [0.4, 0.5) is 5.69 Å². The summed E-state index contributed by atoms with van der Waals surface area (Å²) in [6, 6.07) is 16.4. The third-order valence-corrected chi connectivity index (χ3v) is 8.33. The van der Waals surface area contributed by atoms with Crippen molar-refractivity contribution in [1.82, 2.24) is 14.8 Å². The Balaban J connectivity index is 1.37. The van der Waals surface area contributed by atoms with Gasteiger partial charge in [-0.3, -0.25) is 9.36 Å². The Labute approximate surface area is 219 Å². The molecule has 1 fully saturated rings. The quantitative estimate of drug-likeness (QED) is 0.289. The molecule has 4 aromatic rings. The lowest BCUT2D eigenvalue weighted by Crippen LogP contribution is -2.16. The molecule has 3 N–H and O–H groups in total. The SMILES string of the molecule is NS(=O)(=O)c1ccc(NC(=O)CSc2nnc(Br)n2-c2ccc(C3CC3)c3ccccc23)c(Cl)c1. The fourth-order valence-electron chi connectivity index (χ4n) is 3.89. The Morgan fingerprint density at radius 1 is 1.14 bits per heavy atom. The molecule has 1 heterocycles. The highest BCUT2D eigenvalue weighted by Gasteiger charge is 2.26. The van der Waals surface area contributed by atoms with Gasteiger partial charge in [0.2, 0.25) is 20.7 Å². The zero-order chi connectivity index (χ0) is 24.7. The van der Waals surface area contributed by atoms with E-state index < -0.39 is 10.0 Å². The molecule has 0 spiro atoms. The molecular formula is C23H19BrClN5O3S2. The highest BCUT2D eigenvalue weighted by Crippen LogP contribution is 2.44. The maximum atomic E-state index is 12.6. The number of carbonyl (C=O) groups is 1. The van der Waals surface area contributed by atoms with Gasteiger partial charge in [-0.05, 0) is 69.9 Å². The van der Waals surface area contributed by atoms with E-state index in [4.69, 9.17) is 16.7 Å². The van der Waals surface area contributed by atoms with Gasteiger partial charge in [-0.2, -0.15) is 0 Å². The minimum Gasteiger partial charge on any atom is -0.324 e. The van der Waals surface area contributed by atoms with Gasteiger partial charge in [0.1, 0.15) is 0 Å². The van der Waals surface area contributed by atoms with Crippen LogP contribution in [0.2, 0.25) is 5.02 Å². The number of sulfonamides is 1. The van der Waals surface area contributed by atoms with Crippen LogP contribution >= 0.6 is 39.3 Å². The predicted octanol–water partition coefficient (Wildman–Crippen LogP) is 5.09. The second kappa shape index (κ2) is 9.55. The van der Waals surface area contributed by atoms with E-state index in [1.165, 1.54) is 53.8 Å². The number of rotatable bonds is 7. The number of nitrogens with zero attached hydrogens (tertiary/aromatic N) is 3. The molecule has 1 aliphatic carbocycles. The van der Waals surface area contributed by atoms with E-state index in [1.807, 2.05) is 16.7 Å². The van der Waals surface area contributed by atoms with E-state index in [1.54, 1.807) is 0 Å². The number of halogens is 2. The number of carbonyl (C=O) groups excluding carboxylic acids is 1. The molecule has 0 bridgehead atoms. The number of benzene rings is 3. The number of hydrogen-bond acceptors (Lipinski definition) is 6. The average Bonchev–Trinajstić information content (AvgIpc) is 3.60. The molecule has 1 aliphatic rings. The Bertz CT molecular complexity index is 1570. The molecule has 5 rings (SSSR count). The maximum absolute atomic E-state index is 12.6. The fraction of sp³-hybridized carbons (Fsp3) is 0.174. The second-order valence-electron chi connectivity index (χ2n) is 8.10. The summed E-state index contributed by atoms with van der Waals surface area (Å²) in [7, 11) is -3.89. The van der Waals surface area contributed by atoms with Gasteiger partial charge in [0.05, 0.1) is 27.0 Å². The number of hydrogen-bond donors (Lipinski definition) is 2. The standard InChI is InChI=1S/C23H19BrClN5O3S2/c24-22-28-29-23(34-12-21(31)27-19-9-7-14(11-18(19)25)35(26,32)33)30(22)20-10-8-15(13-5-6-13)16-3-1-2-4-17(16)20/h1-4,7-11,13H,5-6,12H2,(H,27,31)(H2,26,32,33). The van der Waals surface area contributed by atoms with Crippen molar-refractivity contribution in [2.24, 2.45) is 5.14 Å². The number of primary sulfonamides is 1. The number of nitrogens with one attached hydrogen (secondary N) is 1. The van der Waals surface area contributed by atoms with Crippen LogP contribution in [0.15, 0.2) is 69.4 Å². The number of nitrogens with two attached hydrogens (primary N) is 1. The Morgan fingerprint density at radius 3 is 2.57 bits per heavy atom. The number of fused-ring (bicyclic) bond motifs is 1. The number of thioether (sulfide) groups is 1. The van der Waals surface area contributed by atoms with Crippen LogP contribution in [0.25, 0.3) is 16.5 Å². The molecular weight excluding hydrogens is 574 g/mol. The largest absolute Gasteiger partial charge is 0.324 e. The lowest BCUT2D eigenvalue weighted by atomic mass is 9.99. The van der Waals surface area contributed by atoms with Crippen LogP contribution in [0.3, 0.4) is 0 Å². The van der Waals surface area contributed by atoms with E-state index in [2.05, 4.69) is 55.7 Å². The van der Waals surface area contributed by atoms with Crippen molar-refractivity contribution in [3.8, 4) is 5.69 Å². The summed E-state index contributed by atoms with van der Waals surface area (Å²) in [4.78, 5) is 12.5. The van der Waals surface area contributed by atoms with Gasteiger partial charge in [-0.25, -0.2) is 13.6 Å². The maximum Gasteiger partial charge on any atom is 0.238 e. The van der Waals surface area contributed by atoms with Crippen LogP contribution in [0, 0.1) is 0 Å². The van der Waals surface area contributed by atoms with Crippen LogP contribution in [0.5, 0.6) is 0 Å². The molecule has 1 aromatic heterocycles. The zero-order valence-electron chi connectivity index (χ0n) is 18.1. The molecule has 8 nitrogen and oxygen atoms in total. The average molecular weight is 593 g/mol. The van der Waals surface area contributed by atoms with Gasteiger partial charge in [0.25, 0.3) is 0 Å². The first-order valence-electron chi connectivity index (χ1n) is 10.6. The molecule has 1 amide bonds. The van der Waals surface area contributed by atoms with Crippen LogP contribution in [-0.2, 0) is 14.8 Å². The first-order chi connectivity index (χ1) is 16.7. The van der Waals surface area contributed by atoms with Gasteiger partial charge in [0, 0.05) is 5.39 Å². The molecule has 0 saturated heterocycles. The number of aromatic nitrogens is 3. The summed E-state index contributed by atoms with van der Waals surface area (Å²) in [5.74, 6) is 0.317. The number of anilines is 1. The van der Waals surface area contributed by atoms with Gasteiger partial charge in [-0.15, -0.1) is 10.2 Å².